The maximum Gasteiger partial charge on any atom is 0.335 e. The van der Waals surface area contributed by atoms with Crippen LogP contribution in [-0.2, 0) is 19.9 Å². The second-order valence-electron chi connectivity index (χ2n) is 5.63. The molecule has 0 aliphatic heterocycles. The third kappa shape index (κ3) is 3.24. The van der Waals surface area contributed by atoms with Gasteiger partial charge in [-0.05, 0) is 38.0 Å². The van der Waals surface area contributed by atoms with E-state index in [1.807, 2.05) is 0 Å². The molecule has 0 amide bonds. The molecular weight excluding hydrogens is 349 g/mol. The number of carboxylic acid groups (broad SMARTS) is 1. The number of benzene rings is 1. The Hall–Kier alpha value is -1.52. The number of hydrogen-bond donors (Lipinski definition) is 2. The molecule has 10 heteroatoms. The second-order valence-corrected chi connectivity index (χ2v) is 9.67. The molecular formula is C13H16FNO6S2. The van der Waals surface area contributed by atoms with Crippen LogP contribution in [-0.4, -0.2) is 45.0 Å². The van der Waals surface area contributed by atoms with Gasteiger partial charge >= 0.3 is 5.97 Å². The molecule has 23 heavy (non-hydrogen) atoms. The highest BCUT2D eigenvalue weighted by atomic mass is 32.2. The zero-order valence-corrected chi connectivity index (χ0v) is 14.0. The maximum absolute atomic E-state index is 13.9. The molecule has 1 atom stereocenters. The minimum absolute atomic E-state index is 0.329. The number of nitrogens with one attached hydrogen (secondary N) is 1. The van der Waals surface area contributed by atoms with Crippen molar-refractivity contribution in [1.29, 1.82) is 0 Å². The first-order valence-electron chi connectivity index (χ1n) is 6.65. The topological polar surface area (TPSA) is 118 Å². The maximum atomic E-state index is 13.9. The van der Waals surface area contributed by atoms with Crippen molar-refractivity contribution >= 4 is 25.8 Å². The van der Waals surface area contributed by atoms with Gasteiger partial charge in [0.1, 0.15) is 10.7 Å². The largest absolute Gasteiger partial charge is 0.478 e. The van der Waals surface area contributed by atoms with Crippen LogP contribution >= 0.6 is 0 Å². The van der Waals surface area contributed by atoms with E-state index in [0.29, 0.717) is 18.9 Å². The molecule has 1 aromatic rings. The number of carbonyl (C=O) groups is 1. The summed E-state index contributed by atoms with van der Waals surface area (Å²) in [4.78, 5) is 10.0. The first kappa shape index (κ1) is 17.8. The summed E-state index contributed by atoms with van der Waals surface area (Å²) in [6.07, 6.45) is 1.69. The summed E-state index contributed by atoms with van der Waals surface area (Å²) in [5.74, 6) is -2.60. The van der Waals surface area contributed by atoms with E-state index in [-0.39, 0.29) is 5.56 Å². The van der Waals surface area contributed by atoms with Crippen molar-refractivity contribution in [3.05, 3.63) is 29.6 Å². The number of halogens is 1. The van der Waals surface area contributed by atoms with Gasteiger partial charge in [-0.25, -0.2) is 30.7 Å². The van der Waals surface area contributed by atoms with Crippen LogP contribution in [0, 0.1) is 5.82 Å². The summed E-state index contributed by atoms with van der Waals surface area (Å²) in [5.41, 5.74) is -0.385. The summed E-state index contributed by atoms with van der Waals surface area (Å²) >= 11 is 0. The normalized spacial score (nSPS) is 18.4. The van der Waals surface area contributed by atoms with E-state index in [2.05, 4.69) is 4.72 Å². The predicted octanol–water partition coefficient (Wildman–Crippen LogP) is 0.768. The van der Waals surface area contributed by atoms with Crippen LogP contribution in [0.25, 0.3) is 0 Å². The van der Waals surface area contributed by atoms with E-state index in [1.165, 1.54) is 6.92 Å². The SMILES string of the molecule is CC(NS(=O)(=O)c1ccc(C(=O)O)cc1F)C1(S(C)(=O)=O)CC1. The summed E-state index contributed by atoms with van der Waals surface area (Å²) < 4.78 is 63.0. The zero-order chi connectivity index (χ0) is 17.6. The molecule has 2 rings (SSSR count). The molecule has 1 aromatic carbocycles. The minimum atomic E-state index is -4.32. The highest BCUT2D eigenvalue weighted by Crippen LogP contribution is 2.46. The number of sulfone groups is 1. The Morgan fingerprint density at radius 3 is 2.26 bits per heavy atom. The van der Waals surface area contributed by atoms with Gasteiger partial charge in [0.25, 0.3) is 0 Å². The molecule has 128 valence electrons. The van der Waals surface area contributed by atoms with Crippen molar-refractivity contribution in [3.63, 3.8) is 0 Å². The van der Waals surface area contributed by atoms with E-state index in [1.54, 1.807) is 0 Å². The Balaban J connectivity index is 2.32. The summed E-state index contributed by atoms with van der Waals surface area (Å²) in [6.45, 7) is 1.41. The third-order valence-corrected chi connectivity index (χ3v) is 7.88. The average molecular weight is 365 g/mol. The predicted molar refractivity (Wildman–Crippen MR) is 80.0 cm³/mol. The van der Waals surface area contributed by atoms with Crippen LogP contribution in [0.15, 0.2) is 23.1 Å². The Labute approximate surface area is 133 Å². The highest BCUT2D eigenvalue weighted by Gasteiger charge is 2.57. The van der Waals surface area contributed by atoms with Crippen LogP contribution in [0.2, 0.25) is 0 Å². The summed E-state index contributed by atoms with van der Waals surface area (Å²) in [5, 5.41) is 8.75. The van der Waals surface area contributed by atoms with E-state index in [4.69, 9.17) is 5.11 Å². The first-order chi connectivity index (χ1) is 10.4. The Morgan fingerprint density at radius 2 is 1.87 bits per heavy atom. The van der Waals surface area contributed by atoms with Gasteiger partial charge in [-0.1, -0.05) is 0 Å². The fraction of sp³-hybridized carbons (Fsp3) is 0.462. The summed E-state index contributed by atoms with van der Waals surface area (Å²) in [6, 6.07) is 1.48. The lowest BCUT2D eigenvalue weighted by Crippen LogP contribution is -2.46. The summed E-state index contributed by atoms with van der Waals surface area (Å²) in [7, 11) is -7.79. The number of sulfonamides is 1. The molecule has 0 saturated heterocycles. The van der Waals surface area contributed by atoms with Gasteiger partial charge in [0.2, 0.25) is 10.0 Å². The van der Waals surface area contributed by atoms with Crippen LogP contribution in [0.3, 0.4) is 0 Å². The molecule has 0 aromatic heterocycles. The number of rotatable bonds is 6. The number of carboxylic acids is 1. The quantitative estimate of drug-likeness (QED) is 0.769. The van der Waals surface area contributed by atoms with E-state index < -0.39 is 47.3 Å². The molecule has 0 bridgehead atoms. The van der Waals surface area contributed by atoms with E-state index in [9.17, 15) is 26.0 Å². The Kier molecular flexibility index (Phi) is 4.29. The van der Waals surface area contributed by atoms with Crippen molar-refractivity contribution in [1.82, 2.24) is 4.72 Å². The van der Waals surface area contributed by atoms with Gasteiger partial charge in [-0.2, -0.15) is 0 Å². The van der Waals surface area contributed by atoms with E-state index in [0.717, 1.165) is 18.4 Å². The highest BCUT2D eigenvalue weighted by molar-refractivity contribution is 7.92. The molecule has 2 N–H and O–H groups in total. The lowest BCUT2D eigenvalue weighted by Gasteiger charge is -2.22. The third-order valence-electron chi connectivity index (χ3n) is 4.07. The molecule has 1 saturated carbocycles. The van der Waals surface area contributed by atoms with Gasteiger partial charge < -0.3 is 5.11 Å². The molecule has 0 spiro atoms. The Morgan fingerprint density at radius 1 is 1.30 bits per heavy atom. The van der Waals surface area contributed by atoms with Crippen molar-refractivity contribution in [3.8, 4) is 0 Å². The van der Waals surface area contributed by atoms with Gasteiger partial charge in [-0.3, -0.25) is 0 Å². The van der Waals surface area contributed by atoms with Crippen LogP contribution in [0.4, 0.5) is 4.39 Å². The molecule has 0 radical (unpaired) electrons. The average Bonchev–Trinajstić information content (AvgIpc) is 3.18. The second kappa shape index (κ2) is 5.53. The minimum Gasteiger partial charge on any atom is -0.478 e. The van der Waals surface area contributed by atoms with Crippen LogP contribution < -0.4 is 4.72 Å². The number of aromatic carboxylic acids is 1. The van der Waals surface area contributed by atoms with Crippen molar-refractivity contribution in [2.45, 2.75) is 35.4 Å². The first-order valence-corrected chi connectivity index (χ1v) is 10.0. The monoisotopic (exact) mass is 365 g/mol. The van der Waals surface area contributed by atoms with Crippen molar-refractivity contribution in [2.75, 3.05) is 6.26 Å². The molecule has 1 fully saturated rings. The lowest BCUT2D eigenvalue weighted by molar-refractivity contribution is 0.0696. The standard InChI is InChI=1S/C13H16FNO6S2/c1-8(13(5-6-13)22(2,18)19)15-23(20,21)11-4-3-9(12(16)17)7-10(11)14/h3-4,7-8,15H,5-6H2,1-2H3,(H,16,17). The Bertz CT molecular complexity index is 858. The fourth-order valence-corrected chi connectivity index (χ4v) is 5.50. The smallest absolute Gasteiger partial charge is 0.335 e. The zero-order valence-electron chi connectivity index (χ0n) is 12.4. The molecule has 0 heterocycles. The van der Waals surface area contributed by atoms with Crippen molar-refractivity contribution in [2.24, 2.45) is 0 Å². The molecule has 7 nitrogen and oxygen atoms in total. The van der Waals surface area contributed by atoms with Crippen LogP contribution in [0.1, 0.15) is 30.1 Å². The molecule has 1 aliphatic carbocycles. The lowest BCUT2D eigenvalue weighted by atomic mass is 10.2. The van der Waals surface area contributed by atoms with Gasteiger partial charge in [0.15, 0.2) is 9.84 Å². The van der Waals surface area contributed by atoms with E-state index >= 15 is 0 Å². The van der Waals surface area contributed by atoms with Gasteiger partial charge in [0, 0.05) is 12.3 Å². The van der Waals surface area contributed by atoms with Gasteiger partial charge in [-0.15, -0.1) is 0 Å². The van der Waals surface area contributed by atoms with Gasteiger partial charge in [0.05, 0.1) is 10.3 Å². The van der Waals surface area contributed by atoms with Crippen molar-refractivity contribution < 1.29 is 31.1 Å². The molecule has 1 aliphatic rings. The fourth-order valence-electron chi connectivity index (χ4n) is 2.50. The van der Waals surface area contributed by atoms with Crippen LogP contribution in [0.5, 0.6) is 0 Å². The molecule has 1 unspecified atom stereocenters. The number of hydrogen-bond acceptors (Lipinski definition) is 5.